The SMILES string of the molecule is CNCc1cccc(F)c1N1CCCCCC1C. The molecule has 1 unspecified atom stereocenters. The van der Waals surface area contributed by atoms with Crippen LogP contribution in [0.4, 0.5) is 10.1 Å². The second kappa shape index (κ2) is 6.19. The minimum absolute atomic E-state index is 0.0866. The van der Waals surface area contributed by atoms with E-state index in [-0.39, 0.29) is 5.82 Å². The Kier molecular flexibility index (Phi) is 4.59. The highest BCUT2D eigenvalue weighted by Crippen LogP contribution is 2.30. The number of para-hydroxylation sites is 1. The lowest BCUT2D eigenvalue weighted by molar-refractivity contribution is 0.576. The standard InChI is InChI=1S/C15H23FN2/c1-12-7-4-3-5-10-18(12)15-13(11-17-2)8-6-9-14(15)16/h6,8-9,12,17H,3-5,7,10-11H2,1-2H3. The molecule has 0 bridgehead atoms. The van der Waals surface area contributed by atoms with Crippen LogP contribution in [-0.4, -0.2) is 19.6 Å². The Labute approximate surface area is 109 Å². The Morgan fingerprint density at radius 1 is 1.33 bits per heavy atom. The van der Waals surface area contributed by atoms with Gasteiger partial charge in [-0.25, -0.2) is 4.39 Å². The van der Waals surface area contributed by atoms with Crippen molar-refractivity contribution >= 4 is 5.69 Å². The number of rotatable bonds is 3. The molecule has 100 valence electrons. The summed E-state index contributed by atoms with van der Waals surface area (Å²) in [4.78, 5) is 2.26. The lowest BCUT2D eigenvalue weighted by Gasteiger charge is -2.31. The van der Waals surface area contributed by atoms with E-state index in [1.54, 1.807) is 12.1 Å². The fourth-order valence-electron chi connectivity index (χ4n) is 2.82. The van der Waals surface area contributed by atoms with Crippen LogP contribution in [0.2, 0.25) is 0 Å². The summed E-state index contributed by atoms with van der Waals surface area (Å²) >= 11 is 0. The van der Waals surface area contributed by atoms with Gasteiger partial charge in [0.15, 0.2) is 0 Å². The Balaban J connectivity index is 2.34. The summed E-state index contributed by atoms with van der Waals surface area (Å²) in [5, 5.41) is 3.13. The number of hydrogen-bond donors (Lipinski definition) is 1. The minimum Gasteiger partial charge on any atom is -0.366 e. The molecule has 1 saturated heterocycles. The Morgan fingerprint density at radius 3 is 2.94 bits per heavy atom. The van der Waals surface area contributed by atoms with Gasteiger partial charge in [-0.1, -0.05) is 25.0 Å². The predicted octanol–water partition coefficient (Wildman–Crippen LogP) is 3.31. The van der Waals surface area contributed by atoms with Gasteiger partial charge in [-0.05, 0) is 38.4 Å². The van der Waals surface area contributed by atoms with E-state index in [9.17, 15) is 4.39 Å². The summed E-state index contributed by atoms with van der Waals surface area (Å²) in [5.74, 6) is -0.0866. The van der Waals surface area contributed by atoms with Crippen LogP contribution < -0.4 is 10.2 Å². The lowest BCUT2D eigenvalue weighted by Crippen LogP contribution is -2.34. The first kappa shape index (κ1) is 13.3. The molecule has 0 spiro atoms. The van der Waals surface area contributed by atoms with Crippen LogP contribution in [0.5, 0.6) is 0 Å². The zero-order chi connectivity index (χ0) is 13.0. The average molecular weight is 250 g/mol. The largest absolute Gasteiger partial charge is 0.366 e. The van der Waals surface area contributed by atoms with Crippen LogP contribution in [-0.2, 0) is 6.54 Å². The minimum atomic E-state index is -0.0866. The fourth-order valence-corrected chi connectivity index (χ4v) is 2.82. The molecule has 1 aliphatic heterocycles. The first-order valence-corrected chi connectivity index (χ1v) is 6.92. The van der Waals surface area contributed by atoms with Crippen LogP contribution in [0.1, 0.15) is 38.2 Å². The summed E-state index contributed by atoms with van der Waals surface area (Å²) in [7, 11) is 1.90. The monoisotopic (exact) mass is 250 g/mol. The van der Waals surface area contributed by atoms with Crippen molar-refractivity contribution in [1.29, 1.82) is 0 Å². The molecular weight excluding hydrogens is 227 g/mol. The maximum Gasteiger partial charge on any atom is 0.146 e. The lowest BCUT2D eigenvalue weighted by atomic mass is 10.1. The van der Waals surface area contributed by atoms with Crippen molar-refractivity contribution in [2.45, 2.75) is 45.2 Å². The van der Waals surface area contributed by atoms with Gasteiger partial charge in [-0.2, -0.15) is 0 Å². The smallest absolute Gasteiger partial charge is 0.146 e. The number of nitrogens with zero attached hydrogens (tertiary/aromatic N) is 1. The summed E-state index contributed by atoms with van der Waals surface area (Å²) in [6.45, 7) is 3.90. The number of nitrogens with one attached hydrogen (secondary N) is 1. The van der Waals surface area contributed by atoms with Crippen molar-refractivity contribution in [3.05, 3.63) is 29.6 Å². The summed E-state index contributed by atoms with van der Waals surface area (Å²) < 4.78 is 14.2. The van der Waals surface area contributed by atoms with Gasteiger partial charge in [-0.3, -0.25) is 0 Å². The molecule has 1 aromatic rings. The molecule has 0 amide bonds. The zero-order valence-corrected chi connectivity index (χ0v) is 11.4. The van der Waals surface area contributed by atoms with E-state index in [2.05, 4.69) is 17.1 Å². The van der Waals surface area contributed by atoms with E-state index in [1.807, 2.05) is 13.1 Å². The van der Waals surface area contributed by atoms with Crippen molar-refractivity contribution < 1.29 is 4.39 Å². The second-order valence-corrected chi connectivity index (χ2v) is 5.17. The van der Waals surface area contributed by atoms with E-state index < -0.39 is 0 Å². The number of anilines is 1. The third-order valence-corrected chi connectivity index (χ3v) is 3.78. The molecule has 18 heavy (non-hydrogen) atoms. The molecule has 1 aliphatic rings. The first-order valence-electron chi connectivity index (χ1n) is 6.92. The normalized spacial score (nSPS) is 20.8. The maximum atomic E-state index is 14.2. The zero-order valence-electron chi connectivity index (χ0n) is 11.4. The Bertz CT molecular complexity index is 392. The van der Waals surface area contributed by atoms with E-state index in [0.717, 1.165) is 37.2 Å². The molecule has 0 aliphatic carbocycles. The van der Waals surface area contributed by atoms with E-state index >= 15 is 0 Å². The second-order valence-electron chi connectivity index (χ2n) is 5.17. The van der Waals surface area contributed by atoms with Gasteiger partial charge in [0.05, 0.1) is 5.69 Å². The van der Waals surface area contributed by atoms with Gasteiger partial charge in [-0.15, -0.1) is 0 Å². The van der Waals surface area contributed by atoms with Crippen LogP contribution in [0.3, 0.4) is 0 Å². The quantitative estimate of drug-likeness (QED) is 0.885. The van der Waals surface area contributed by atoms with E-state index in [1.165, 1.54) is 12.8 Å². The van der Waals surface area contributed by atoms with Gasteiger partial charge in [0.25, 0.3) is 0 Å². The molecule has 1 N–H and O–H groups in total. The number of benzene rings is 1. The molecule has 0 saturated carbocycles. The van der Waals surface area contributed by atoms with Crippen LogP contribution in [0.25, 0.3) is 0 Å². The van der Waals surface area contributed by atoms with Crippen molar-refractivity contribution in [2.75, 3.05) is 18.5 Å². The fraction of sp³-hybridized carbons (Fsp3) is 0.600. The van der Waals surface area contributed by atoms with Crippen molar-refractivity contribution in [3.8, 4) is 0 Å². The van der Waals surface area contributed by atoms with Crippen molar-refractivity contribution in [2.24, 2.45) is 0 Å². The summed E-state index contributed by atoms with van der Waals surface area (Å²) in [6, 6.07) is 5.83. The van der Waals surface area contributed by atoms with Gasteiger partial charge in [0.1, 0.15) is 5.82 Å². The molecule has 1 atom stereocenters. The van der Waals surface area contributed by atoms with E-state index in [4.69, 9.17) is 0 Å². The van der Waals surface area contributed by atoms with Gasteiger partial charge in [0.2, 0.25) is 0 Å². The third-order valence-electron chi connectivity index (χ3n) is 3.78. The Hall–Kier alpha value is -1.09. The molecule has 0 radical (unpaired) electrons. The molecule has 2 nitrogen and oxygen atoms in total. The van der Waals surface area contributed by atoms with Crippen molar-refractivity contribution in [1.82, 2.24) is 5.32 Å². The average Bonchev–Trinajstić information content (AvgIpc) is 2.55. The highest BCUT2D eigenvalue weighted by molar-refractivity contribution is 5.55. The Morgan fingerprint density at radius 2 is 2.17 bits per heavy atom. The number of hydrogen-bond acceptors (Lipinski definition) is 2. The molecule has 1 heterocycles. The molecule has 1 aromatic carbocycles. The first-order chi connectivity index (χ1) is 8.74. The third kappa shape index (κ3) is 2.83. The molecule has 1 fully saturated rings. The van der Waals surface area contributed by atoms with Crippen LogP contribution in [0.15, 0.2) is 18.2 Å². The molecule has 0 aromatic heterocycles. The van der Waals surface area contributed by atoms with E-state index in [0.29, 0.717) is 6.04 Å². The topological polar surface area (TPSA) is 15.3 Å². The van der Waals surface area contributed by atoms with Crippen molar-refractivity contribution in [3.63, 3.8) is 0 Å². The molecule has 2 rings (SSSR count). The molecular formula is C15H23FN2. The summed E-state index contributed by atoms with van der Waals surface area (Å²) in [6.07, 6.45) is 4.84. The highest BCUT2D eigenvalue weighted by Gasteiger charge is 2.22. The van der Waals surface area contributed by atoms with Crippen LogP contribution in [0, 0.1) is 5.82 Å². The van der Waals surface area contributed by atoms with Gasteiger partial charge >= 0.3 is 0 Å². The summed E-state index contributed by atoms with van der Waals surface area (Å²) in [5.41, 5.74) is 1.87. The van der Waals surface area contributed by atoms with Crippen LogP contribution >= 0.6 is 0 Å². The van der Waals surface area contributed by atoms with Gasteiger partial charge in [0, 0.05) is 19.1 Å². The predicted molar refractivity (Wildman–Crippen MR) is 74.4 cm³/mol. The van der Waals surface area contributed by atoms with Gasteiger partial charge < -0.3 is 10.2 Å². The number of halogens is 1. The maximum absolute atomic E-state index is 14.2. The highest BCUT2D eigenvalue weighted by atomic mass is 19.1. The molecule has 3 heteroatoms.